The Kier molecular flexibility index (Phi) is 3.66. The van der Waals surface area contributed by atoms with Gasteiger partial charge in [0, 0.05) is 11.1 Å². The quantitative estimate of drug-likeness (QED) is 0.580. The summed E-state index contributed by atoms with van der Waals surface area (Å²) in [4.78, 5) is 21.5. The Morgan fingerprint density at radius 2 is 2.14 bits per heavy atom. The Morgan fingerprint density at radius 1 is 1.32 bits per heavy atom. The van der Waals surface area contributed by atoms with Crippen molar-refractivity contribution in [2.24, 2.45) is 0 Å². The molecule has 0 aliphatic carbocycles. The second-order valence-electron chi connectivity index (χ2n) is 4.19. The van der Waals surface area contributed by atoms with E-state index in [1.165, 1.54) is 23.9 Å². The number of nitrogens with one attached hydrogen (secondary N) is 1. The van der Waals surface area contributed by atoms with Gasteiger partial charge in [-0.2, -0.15) is 5.26 Å². The first-order valence-electron chi connectivity index (χ1n) is 5.95. The van der Waals surface area contributed by atoms with Gasteiger partial charge >= 0.3 is 5.69 Å². The molecule has 0 aliphatic heterocycles. The van der Waals surface area contributed by atoms with Gasteiger partial charge in [-0.3, -0.25) is 10.1 Å². The number of imidazole rings is 1. The van der Waals surface area contributed by atoms with Crippen molar-refractivity contribution in [3.05, 3.63) is 51.2 Å². The Balaban J connectivity index is 1.94. The van der Waals surface area contributed by atoms with E-state index in [4.69, 9.17) is 16.9 Å². The molecule has 22 heavy (non-hydrogen) atoms. The molecule has 0 spiro atoms. The summed E-state index contributed by atoms with van der Waals surface area (Å²) in [7, 11) is 0. The molecule has 0 bridgehead atoms. The first-order valence-corrected chi connectivity index (χ1v) is 7.15. The van der Waals surface area contributed by atoms with Crippen LogP contribution >= 0.6 is 23.4 Å². The predicted molar refractivity (Wildman–Crippen MR) is 80.8 cm³/mol. The fourth-order valence-corrected chi connectivity index (χ4v) is 2.77. The normalized spacial score (nSPS) is 10.5. The molecule has 0 aliphatic rings. The summed E-state index contributed by atoms with van der Waals surface area (Å²) in [5.74, 6) is 0. The molecule has 3 rings (SSSR count). The number of nitriles is 1. The van der Waals surface area contributed by atoms with E-state index in [0.717, 1.165) is 11.0 Å². The maximum Gasteiger partial charge on any atom is 0.305 e. The van der Waals surface area contributed by atoms with Crippen LogP contribution in [0.2, 0.25) is 5.02 Å². The van der Waals surface area contributed by atoms with Crippen LogP contribution < -0.4 is 0 Å². The molecule has 108 valence electrons. The number of hydrogen-bond donors (Lipinski definition) is 1. The maximum atomic E-state index is 10.8. The Morgan fingerprint density at radius 3 is 2.86 bits per heavy atom. The molecule has 9 heteroatoms. The van der Waals surface area contributed by atoms with Crippen molar-refractivity contribution in [1.29, 1.82) is 5.26 Å². The third kappa shape index (κ3) is 2.72. The van der Waals surface area contributed by atoms with Crippen molar-refractivity contribution in [2.45, 2.75) is 10.2 Å². The third-order valence-electron chi connectivity index (χ3n) is 2.77. The van der Waals surface area contributed by atoms with Gasteiger partial charge in [0.05, 0.1) is 16.0 Å². The van der Waals surface area contributed by atoms with Crippen molar-refractivity contribution in [1.82, 2.24) is 15.0 Å². The van der Waals surface area contributed by atoms with Gasteiger partial charge in [0.2, 0.25) is 5.69 Å². The molecule has 0 atom stereocenters. The number of nitrogens with zero attached hydrogens (tertiary/aromatic N) is 4. The zero-order valence-electron chi connectivity index (χ0n) is 10.8. The van der Waals surface area contributed by atoms with Gasteiger partial charge in [-0.15, -0.1) is 0 Å². The van der Waals surface area contributed by atoms with Crippen LogP contribution in [0.3, 0.4) is 0 Å². The average molecular weight is 332 g/mol. The molecule has 0 saturated heterocycles. The van der Waals surface area contributed by atoms with E-state index in [-0.39, 0.29) is 11.4 Å². The molecule has 0 fully saturated rings. The van der Waals surface area contributed by atoms with Crippen LogP contribution in [0.1, 0.15) is 5.69 Å². The monoisotopic (exact) mass is 331 g/mol. The third-order valence-corrected chi connectivity index (χ3v) is 3.83. The summed E-state index contributed by atoms with van der Waals surface area (Å²) in [5.41, 5.74) is 0.976. The topological polar surface area (TPSA) is 108 Å². The first kappa shape index (κ1) is 14.3. The smallest absolute Gasteiger partial charge is 0.305 e. The lowest BCUT2D eigenvalue weighted by molar-refractivity contribution is -0.385. The highest BCUT2D eigenvalue weighted by Gasteiger charge is 2.16. The van der Waals surface area contributed by atoms with Gasteiger partial charge < -0.3 is 4.98 Å². The minimum atomic E-state index is -0.636. The Bertz CT molecular complexity index is 934. The van der Waals surface area contributed by atoms with Crippen molar-refractivity contribution >= 4 is 40.1 Å². The van der Waals surface area contributed by atoms with Crippen LogP contribution in [0.5, 0.6) is 0 Å². The summed E-state index contributed by atoms with van der Waals surface area (Å²) in [6.07, 6.45) is 0. The highest BCUT2D eigenvalue weighted by Crippen LogP contribution is 2.28. The lowest BCUT2D eigenvalue weighted by Gasteiger charge is -1.98. The summed E-state index contributed by atoms with van der Waals surface area (Å²) in [5, 5.41) is 21.3. The van der Waals surface area contributed by atoms with E-state index in [0.29, 0.717) is 15.2 Å². The molecule has 1 aromatic carbocycles. The largest absolute Gasteiger partial charge is 0.333 e. The number of nitro groups is 1. The number of halogens is 1. The molecule has 1 N–H and O–H groups in total. The van der Waals surface area contributed by atoms with Crippen LogP contribution in [0.15, 0.2) is 40.5 Å². The molecule has 3 aromatic rings. The maximum absolute atomic E-state index is 10.8. The minimum absolute atomic E-state index is 0.228. The fraction of sp³-hybridized carbons (Fsp3) is 0. The van der Waals surface area contributed by atoms with E-state index in [9.17, 15) is 10.1 Å². The van der Waals surface area contributed by atoms with Gasteiger partial charge in [0.15, 0.2) is 5.16 Å². The lowest BCUT2D eigenvalue weighted by Crippen LogP contribution is -1.96. The van der Waals surface area contributed by atoms with Crippen LogP contribution in [0.4, 0.5) is 5.69 Å². The fourth-order valence-electron chi connectivity index (χ4n) is 1.83. The van der Waals surface area contributed by atoms with Crippen LogP contribution in [0, 0.1) is 21.4 Å². The highest BCUT2D eigenvalue weighted by molar-refractivity contribution is 7.99. The van der Waals surface area contributed by atoms with Crippen molar-refractivity contribution in [2.75, 3.05) is 0 Å². The van der Waals surface area contributed by atoms with Crippen molar-refractivity contribution in [3.63, 3.8) is 0 Å². The second kappa shape index (κ2) is 5.63. The van der Waals surface area contributed by atoms with Gasteiger partial charge in [0.1, 0.15) is 11.1 Å². The Labute approximate surface area is 133 Å². The van der Waals surface area contributed by atoms with Crippen LogP contribution in [-0.2, 0) is 0 Å². The zero-order valence-corrected chi connectivity index (χ0v) is 12.4. The van der Waals surface area contributed by atoms with Gasteiger partial charge in [-0.05, 0) is 36.0 Å². The molecule has 2 aromatic heterocycles. The lowest BCUT2D eigenvalue weighted by atomic mass is 10.3. The molecule has 0 radical (unpaired) electrons. The van der Waals surface area contributed by atoms with Gasteiger partial charge in [-0.1, -0.05) is 11.6 Å². The van der Waals surface area contributed by atoms with E-state index in [1.807, 2.05) is 0 Å². The predicted octanol–water partition coefficient (Wildman–Crippen LogP) is 3.54. The minimum Gasteiger partial charge on any atom is -0.333 e. The summed E-state index contributed by atoms with van der Waals surface area (Å²) < 4.78 is 0. The van der Waals surface area contributed by atoms with E-state index in [2.05, 4.69) is 15.0 Å². The molecule has 0 unspecified atom stereocenters. The van der Waals surface area contributed by atoms with E-state index >= 15 is 0 Å². The number of aromatic nitrogens is 3. The molecule has 0 saturated carbocycles. The Hall–Kier alpha value is -2.63. The average Bonchev–Trinajstić information content (AvgIpc) is 2.88. The number of fused-ring (bicyclic) bond motifs is 1. The second-order valence-corrected chi connectivity index (χ2v) is 5.64. The SMILES string of the molecule is N#Cc1nc(Sc2nc3ccc(Cl)cc3[nH]2)ccc1[N+](=O)[O-]. The standard InChI is InChI=1S/C13H6ClN5O2S/c14-7-1-2-8-9(5-7)18-13(17-8)22-12-4-3-11(19(20)21)10(6-15)16-12/h1-5H,(H,17,18). The number of hydrogen-bond acceptors (Lipinski definition) is 6. The summed E-state index contributed by atoms with van der Waals surface area (Å²) in [6, 6.07) is 9.72. The molecular formula is C13H6ClN5O2S. The van der Waals surface area contributed by atoms with E-state index < -0.39 is 4.92 Å². The zero-order chi connectivity index (χ0) is 15.7. The van der Waals surface area contributed by atoms with Gasteiger partial charge in [-0.25, -0.2) is 9.97 Å². The molecule has 7 nitrogen and oxygen atoms in total. The number of H-pyrrole nitrogens is 1. The first-order chi connectivity index (χ1) is 10.6. The highest BCUT2D eigenvalue weighted by atomic mass is 35.5. The van der Waals surface area contributed by atoms with Crippen molar-refractivity contribution in [3.8, 4) is 6.07 Å². The molecular weight excluding hydrogens is 326 g/mol. The van der Waals surface area contributed by atoms with Gasteiger partial charge in [0.25, 0.3) is 0 Å². The summed E-state index contributed by atoms with van der Waals surface area (Å²) in [6.45, 7) is 0. The molecule has 0 amide bonds. The summed E-state index contributed by atoms with van der Waals surface area (Å²) >= 11 is 7.08. The van der Waals surface area contributed by atoms with Crippen LogP contribution in [0.25, 0.3) is 11.0 Å². The number of rotatable bonds is 3. The van der Waals surface area contributed by atoms with Crippen molar-refractivity contribution < 1.29 is 4.92 Å². The molecule has 2 heterocycles. The number of pyridine rings is 1. The van der Waals surface area contributed by atoms with Crippen LogP contribution in [-0.4, -0.2) is 19.9 Å². The van der Waals surface area contributed by atoms with E-state index in [1.54, 1.807) is 24.3 Å². The number of aromatic amines is 1. The number of benzene rings is 1.